The molecule has 0 saturated carbocycles. The Bertz CT molecular complexity index is 1220. The van der Waals surface area contributed by atoms with Crippen molar-refractivity contribution in [2.45, 2.75) is 12.2 Å². The largest absolute Gasteiger partial charge is 0.416 e. The molecule has 1 N–H and O–H groups in total. The normalized spacial score (nSPS) is 18.4. The molecule has 1 aliphatic heterocycles. The lowest BCUT2D eigenvalue weighted by molar-refractivity contribution is -0.137. The molecule has 2 atom stereocenters. The van der Waals surface area contributed by atoms with Crippen molar-refractivity contribution in [2.24, 2.45) is 5.92 Å². The van der Waals surface area contributed by atoms with Crippen LogP contribution in [-0.2, 0) is 11.0 Å². The molecular formula is C23H18F3N5O. The number of rotatable bonds is 4. The van der Waals surface area contributed by atoms with Gasteiger partial charge in [0.05, 0.1) is 23.6 Å². The Labute approximate surface area is 182 Å². The number of likely N-dealkylation sites (tertiary alicyclic amines) is 1. The third-order valence-electron chi connectivity index (χ3n) is 5.47. The molecule has 2 aromatic carbocycles. The lowest BCUT2D eigenvalue weighted by Crippen LogP contribution is -2.31. The molecule has 32 heavy (non-hydrogen) atoms. The maximum absolute atomic E-state index is 12.9. The number of hydrogen-bond donors (Lipinski definition) is 1. The van der Waals surface area contributed by atoms with Crippen molar-refractivity contribution in [3.8, 4) is 17.3 Å². The number of carbonyl (C=O) groups is 1. The minimum Gasteiger partial charge on any atom is -0.362 e. The summed E-state index contributed by atoms with van der Waals surface area (Å²) < 4.78 is 38.7. The Hall–Kier alpha value is -3.93. The number of amides is 1. The molecule has 4 rings (SSSR count). The SMILES string of the molecule is C=CC(=O)N1C[C@@H](C#N)[C@H](Nc2nnc(-c3ccc(C(F)(F)F)cc3)c3ccccc23)C1. The van der Waals surface area contributed by atoms with Gasteiger partial charge in [0.15, 0.2) is 5.82 Å². The molecule has 1 aromatic heterocycles. The van der Waals surface area contributed by atoms with Crippen molar-refractivity contribution in [1.29, 1.82) is 5.26 Å². The second-order valence-electron chi connectivity index (χ2n) is 7.45. The van der Waals surface area contributed by atoms with Gasteiger partial charge in [-0.3, -0.25) is 4.79 Å². The van der Waals surface area contributed by atoms with Gasteiger partial charge in [0.2, 0.25) is 5.91 Å². The average Bonchev–Trinajstić information content (AvgIpc) is 3.21. The van der Waals surface area contributed by atoms with Gasteiger partial charge in [-0.25, -0.2) is 0 Å². The van der Waals surface area contributed by atoms with Gasteiger partial charge < -0.3 is 10.2 Å². The van der Waals surface area contributed by atoms with Crippen molar-refractivity contribution in [3.63, 3.8) is 0 Å². The number of benzene rings is 2. The number of anilines is 1. The molecule has 6 nitrogen and oxygen atoms in total. The highest BCUT2D eigenvalue weighted by molar-refractivity contribution is 6.00. The lowest BCUT2D eigenvalue weighted by Gasteiger charge is -2.18. The molecular weight excluding hydrogens is 419 g/mol. The number of nitrogens with one attached hydrogen (secondary N) is 1. The summed E-state index contributed by atoms with van der Waals surface area (Å²) in [5, 5.41) is 22.7. The Morgan fingerprint density at radius 3 is 2.44 bits per heavy atom. The van der Waals surface area contributed by atoms with Gasteiger partial charge in [-0.05, 0) is 18.2 Å². The second-order valence-corrected chi connectivity index (χ2v) is 7.45. The summed E-state index contributed by atoms with van der Waals surface area (Å²) >= 11 is 0. The Morgan fingerprint density at radius 1 is 1.12 bits per heavy atom. The maximum Gasteiger partial charge on any atom is 0.416 e. The minimum absolute atomic E-state index is 0.247. The van der Waals surface area contributed by atoms with Crippen molar-refractivity contribution < 1.29 is 18.0 Å². The average molecular weight is 437 g/mol. The van der Waals surface area contributed by atoms with E-state index in [1.807, 2.05) is 18.2 Å². The molecule has 1 aliphatic rings. The first-order chi connectivity index (χ1) is 15.3. The topological polar surface area (TPSA) is 81.9 Å². The van der Waals surface area contributed by atoms with Crippen LogP contribution < -0.4 is 5.32 Å². The number of alkyl halides is 3. The van der Waals surface area contributed by atoms with Crippen LogP contribution in [0.15, 0.2) is 61.2 Å². The smallest absolute Gasteiger partial charge is 0.362 e. The highest BCUT2D eigenvalue weighted by atomic mass is 19.4. The molecule has 0 radical (unpaired) electrons. The summed E-state index contributed by atoms with van der Waals surface area (Å²) in [5.74, 6) is -0.244. The number of nitrogens with zero attached hydrogens (tertiary/aromatic N) is 4. The molecule has 0 bridgehead atoms. The van der Waals surface area contributed by atoms with Crippen molar-refractivity contribution in [1.82, 2.24) is 15.1 Å². The predicted molar refractivity (Wildman–Crippen MR) is 113 cm³/mol. The van der Waals surface area contributed by atoms with Crippen LogP contribution in [0, 0.1) is 17.2 Å². The van der Waals surface area contributed by atoms with Gasteiger partial charge in [-0.1, -0.05) is 43.0 Å². The first-order valence-electron chi connectivity index (χ1n) is 9.82. The molecule has 3 aromatic rings. The van der Waals surface area contributed by atoms with Crippen LogP contribution in [0.4, 0.5) is 19.0 Å². The fourth-order valence-corrected chi connectivity index (χ4v) is 3.81. The summed E-state index contributed by atoms with van der Waals surface area (Å²) in [6, 6.07) is 13.9. The van der Waals surface area contributed by atoms with Crippen LogP contribution >= 0.6 is 0 Å². The molecule has 0 unspecified atom stereocenters. The van der Waals surface area contributed by atoms with Gasteiger partial charge in [-0.2, -0.15) is 18.4 Å². The highest BCUT2D eigenvalue weighted by Gasteiger charge is 2.35. The monoisotopic (exact) mass is 437 g/mol. The zero-order valence-corrected chi connectivity index (χ0v) is 16.8. The van der Waals surface area contributed by atoms with Crippen LogP contribution in [0.1, 0.15) is 5.56 Å². The Kier molecular flexibility index (Phi) is 5.53. The fourth-order valence-electron chi connectivity index (χ4n) is 3.81. The summed E-state index contributed by atoms with van der Waals surface area (Å²) in [5.41, 5.74) is 0.220. The molecule has 1 amide bonds. The van der Waals surface area contributed by atoms with E-state index in [0.717, 1.165) is 12.1 Å². The molecule has 9 heteroatoms. The Morgan fingerprint density at radius 2 is 1.81 bits per heavy atom. The summed E-state index contributed by atoms with van der Waals surface area (Å²) in [6.07, 6.45) is -3.20. The van der Waals surface area contributed by atoms with Gasteiger partial charge in [0.1, 0.15) is 5.69 Å². The zero-order valence-electron chi connectivity index (χ0n) is 16.8. The van der Waals surface area contributed by atoms with E-state index >= 15 is 0 Å². The van der Waals surface area contributed by atoms with Gasteiger partial charge in [0.25, 0.3) is 0 Å². The molecule has 1 fully saturated rings. The third-order valence-corrected chi connectivity index (χ3v) is 5.47. The molecule has 1 saturated heterocycles. The van der Waals surface area contributed by atoms with E-state index in [0.29, 0.717) is 34.4 Å². The Balaban J connectivity index is 1.68. The quantitative estimate of drug-likeness (QED) is 0.617. The van der Waals surface area contributed by atoms with E-state index in [2.05, 4.69) is 28.2 Å². The summed E-state index contributed by atoms with van der Waals surface area (Å²) in [7, 11) is 0. The predicted octanol–water partition coefficient (Wildman–Crippen LogP) is 4.26. The summed E-state index contributed by atoms with van der Waals surface area (Å²) in [6.45, 7) is 4.09. The number of aromatic nitrogens is 2. The number of carbonyl (C=O) groups excluding carboxylic acids is 1. The van der Waals surface area contributed by atoms with Crippen molar-refractivity contribution in [2.75, 3.05) is 18.4 Å². The number of hydrogen-bond acceptors (Lipinski definition) is 5. The van der Waals surface area contributed by atoms with E-state index in [4.69, 9.17) is 0 Å². The highest BCUT2D eigenvalue weighted by Crippen LogP contribution is 2.34. The van der Waals surface area contributed by atoms with Crippen LogP contribution in [0.5, 0.6) is 0 Å². The number of fused-ring (bicyclic) bond motifs is 1. The van der Waals surface area contributed by atoms with Gasteiger partial charge in [-0.15, -0.1) is 10.2 Å². The van der Waals surface area contributed by atoms with Crippen LogP contribution in [0.3, 0.4) is 0 Å². The third kappa shape index (κ3) is 3.99. The zero-order chi connectivity index (χ0) is 22.9. The van der Waals surface area contributed by atoms with E-state index in [1.165, 1.54) is 18.2 Å². The van der Waals surface area contributed by atoms with Gasteiger partial charge >= 0.3 is 6.18 Å². The molecule has 2 heterocycles. The van der Waals surface area contributed by atoms with Crippen molar-refractivity contribution >= 4 is 22.5 Å². The van der Waals surface area contributed by atoms with E-state index in [9.17, 15) is 23.2 Å². The van der Waals surface area contributed by atoms with E-state index in [1.54, 1.807) is 11.0 Å². The molecule has 0 spiro atoms. The van der Waals surface area contributed by atoms with Gasteiger partial charge in [0, 0.05) is 29.4 Å². The first-order valence-corrected chi connectivity index (χ1v) is 9.82. The van der Waals surface area contributed by atoms with Crippen molar-refractivity contribution in [3.05, 3.63) is 66.7 Å². The summed E-state index contributed by atoms with van der Waals surface area (Å²) in [4.78, 5) is 13.5. The number of halogens is 3. The molecule has 0 aliphatic carbocycles. The lowest BCUT2D eigenvalue weighted by atomic mass is 10.0. The minimum atomic E-state index is -4.42. The van der Waals surface area contributed by atoms with Crippen LogP contribution in [-0.4, -0.2) is 40.1 Å². The van der Waals surface area contributed by atoms with E-state index in [-0.39, 0.29) is 18.5 Å². The fraction of sp³-hybridized carbons (Fsp3) is 0.217. The maximum atomic E-state index is 12.9. The van der Waals surface area contributed by atoms with Crippen LogP contribution in [0.25, 0.3) is 22.0 Å². The van der Waals surface area contributed by atoms with E-state index < -0.39 is 17.7 Å². The number of nitriles is 1. The van der Waals surface area contributed by atoms with Crippen LogP contribution in [0.2, 0.25) is 0 Å². The first kappa shape index (κ1) is 21.3. The second kappa shape index (κ2) is 8.30. The molecule has 162 valence electrons. The standard InChI is InChI=1S/C23H18F3N5O/c1-2-20(32)31-12-15(11-27)19(13-31)28-22-18-6-4-3-5-17(18)21(29-30-22)14-7-9-16(10-8-14)23(24,25)26/h2-10,15,19H,1,12-13H2,(H,28,30)/t15-,19-/m1/s1.